The van der Waals surface area contributed by atoms with Crippen molar-refractivity contribution in [3.05, 3.63) is 108 Å². The predicted molar refractivity (Wildman–Crippen MR) is 129 cm³/mol. The SMILES string of the molecule is Cc1ccc(C(=O)NC(=NCCc2cnc[nH]2)Nc2ccc(-c3ccccc3)cc2)cc1. The molecular weight excluding hydrogens is 398 g/mol. The number of carbonyl (C=O) groups excluding carboxylic acids is 1. The van der Waals surface area contributed by atoms with Crippen LogP contribution in [0.3, 0.4) is 0 Å². The summed E-state index contributed by atoms with van der Waals surface area (Å²) in [5.74, 6) is 0.196. The first-order chi connectivity index (χ1) is 15.7. The van der Waals surface area contributed by atoms with E-state index in [0.717, 1.165) is 28.1 Å². The topological polar surface area (TPSA) is 82.2 Å². The quantitative estimate of drug-likeness (QED) is 0.307. The number of guanidine groups is 1. The second-order valence-corrected chi connectivity index (χ2v) is 7.45. The first-order valence-corrected chi connectivity index (χ1v) is 10.5. The van der Waals surface area contributed by atoms with Crippen molar-refractivity contribution in [1.29, 1.82) is 0 Å². The first kappa shape index (κ1) is 21.1. The minimum absolute atomic E-state index is 0.210. The van der Waals surface area contributed by atoms with E-state index in [1.165, 1.54) is 0 Å². The van der Waals surface area contributed by atoms with Crippen molar-refractivity contribution in [2.75, 3.05) is 11.9 Å². The molecule has 3 N–H and O–H groups in total. The maximum Gasteiger partial charge on any atom is 0.257 e. The van der Waals surface area contributed by atoms with Crippen molar-refractivity contribution in [1.82, 2.24) is 15.3 Å². The third kappa shape index (κ3) is 5.70. The third-order valence-corrected chi connectivity index (χ3v) is 5.01. The van der Waals surface area contributed by atoms with Gasteiger partial charge in [-0.2, -0.15) is 0 Å². The van der Waals surface area contributed by atoms with E-state index >= 15 is 0 Å². The summed E-state index contributed by atoms with van der Waals surface area (Å²) in [6, 6.07) is 25.7. The van der Waals surface area contributed by atoms with Crippen LogP contribution in [0.1, 0.15) is 21.6 Å². The Labute approximate surface area is 187 Å². The lowest BCUT2D eigenvalue weighted by atomic mass is 10.1. The average molecular weight is 424 g/mol. The Bertz CT molecular complexity index is 1170. The van der Waals surface area contributed by atoms with Crippen molar-refractivity contribution in [2.45, 2.75) is 13.3 Å². The molecule has 1 aromatic heterocycles. The van der Waals surface area contributed by atoms with Crippen molar-refractivity contribution in [3.63, 3.8) is 0 Å². The van der Waals surface area contributed by atoms with Gasteiger partial charge in [0.1, 0.15) is 0 Å². The average Bonchev–Trinajstić information content (AvgIpc) is 3.34. The van der Waals surface area contributed by atoms with Crippen LogP contribution in [0.2, 0.25) is 0 Å². The molecule has 0 unspecified atom stereocenters. The molecule has 4 rings (SSSR count). The number of nitrogens with zero attached hydrogens (tertiary/aromatic N) is 2. The number of aliphatic imine (C=N–C) groups is 1. The Hall–Kier alpha value is -4.19. The van der Waals surface area contributed by atoms with Gasteiger partial charge in [0, 0.05) is 36.1 Å². The minimum Gasteiger partial charge on any atom is -0.348 e. The van der Waals surface area contributed by atoms with E-state index in [1.54, 1.807) is 12.5 Å². The molecule has 0 saturated carbocycles. The van der Waals surface area contributed by atoms with E-state index in [0.29, 0.717) is 24.5 Å². The highest BCUT2D eigenvalue weighted by Gasteiger charge is 2.10. The summed E-state index contributed by atoms with van der Waals surface area (Å²) in [5, 5.41) is 6.14. The lowest BCUT2D eigenvalue weighted by molar-refractivity contribution is 0.0977. The fraction of sp³-hybridized carbons (Fsp3) is 0.115. The molecule has 0 radical (unpaired) electrons. The summed E-state index contributed by atoms with van der Waals surface area (Å²) < 4.78 is 0. The Morgan fingerprint density at radius 3 is 2.34 bits per heavy atom. The number of hydrogen-bond acceptors (Lipinski definition) is 3. The maximum atomic E-state index is 12.7. The zero-order valence-corrected chi connectivity index (χ0v) is 17.9. The molecular formula is C26H25N5O. The molecule has 0 spiro atoms. The van der Waals surface area contributed by atoms with Crippen LogP contribution in [0.4, 0.5) is 5.69 Å². The van der Waals surface area contributed by atoms with Crippen molar-refractivity contribution in [2.24, 2.45) is 4.99 Å². The molecule has 0 aliphatic heterocycles. The number of imidazole rings is 1. The Morgan fingerprint density at radius 2 is 1.66 bits per heavy atom. The normalized spacial score (nSPS) is 11.2. The molecule has 0 atom stereocenters. The fourth-order valence-corrected chi connectivity index (χ4v) is 3.22. The molecule has 3 aromatic carbocycles. The van der Waals surface area contributed by atoms with Gasteiger partial charge in [-0.05, 0) is 42.3 Å². The number of anilines is 1. The number of amides is 1. The zero-order chi connectivity index (χ0) is 22.2. The van der Waals surface area contributed by atoms with Gasteiger partial charge < -0.3 is 10.3 Å². The van der Waals surface area contributed by atoms with Gasteiger partial charge in [0.15, 0.2) is 0 Å². The van der Waals surface area contributed by atoms with Crippen LogP contribution in [0, 0.1) is 6.92 Å². The van der Waals surface area contributed by atoms with E-state index in [2.05, 4.69) is 37.7 Å². The molecule has 4 aromatic rings. The summed E-state index contributed by atoms with van der Waals surface area (Å²) in [5.41, 5.74) is 5.79. The highest BCUT2D eigenvalue weighted by molar-refractivity contribution is 6.10. The van der Waals surface area contributed by atoms with E-state index in [-0.39, 0.29) is 5.91 Å². The summed E-state index contributed by atoms with van der Waals surface area (Å²) in [6.07, 6.45) is 4.11. The number of rotatable bonds is 6. The monoisotopic (exact) mass is 423 g/mol. The van der Waals surface area contributed by atoms with Gasteiger partial charge in [-0.3, -0.25) is 15.1 Å². The molecule has 0 aliphatic rings. The van der Waals surface area contributed by atoms with E-state index in [9.17, 15) is 4.79 Å². The summed E-state index contributed by atoms with van der Waals surface area (Å²) in [7, 11) is 0. The molecule has 1 heterocycles. The number of carbonyl (C=O) groups is 1. The third-order valence-electron chi connectivity index (χ3n) is 5.01. The number of nitrogens with one attached hydrogen (secondary N) is 3. The number of aryl methyl sites for hydroxylation is 1. The molecule has 0 fully saturated rings. The standard InChI is InChI=1S/C26H25N5O/c1-19-7-9-22(10-8-19)25(32)31-26(28-16-15-24-17-27-18-29-24)30-23-13-11-21(12-14-23)20-5-3-2-4-6-20/h2-14,17-18H,15-16H2,1H3,(H,27,29)(H2,28,30,31,32). The maximum absolute atomic E-state index is 12.7. The van der Waals surface area contributed by atoms with Gasteiger partial charge in [-0.25, -0.2) is 4.98 Å². The summed E-state index contributed by atoms with van der Waals surface area (Å²) in [6.45, 7) is 2.49. The first-order valence-electron chi connectivity index (χ1n) is 10.5. The van der Waals surface area contributed by atoms with Crippen LogP contribution in [-0.2, 0) is 6.42 Å². The summed E-state index contributed by atoms with van der Waals surface area (Å²) >= 11 is 0. The molecule has 6 nitrogen and oxygen atoms in total. The number of benzene rings is 3. The Balaban J connectivity index is 1.48. The number of aromatic amines is 1. The second-order valence-electron chi connectivity index (χ2n) is 7.45. The van der Waals surface area contributed by atoms with Gasteiger partial charge >= 0.3 is 0 Å². The zero-order valence-electron chi connectivity index (χ0n) is 17.9. The van der Waals surface area contributed by atoms with Crippen LogP contribution in [-0.4, -0.2) is 28.4 Å². The van der Waals surface area contributed by atoms with Gasteiger partial charge in [0.25, 0.3) is 5.91 Å². The van der Waals surface area contributed by atoms with E-state index in [4.69, 9.17) is 0 Å². The highest BCUT2D eigenvalue weighted by Crippen LogP contribution is 2.21. The van der Waals surface area contributed by atoms with Crippen LogP contribution in [0.5, 0.6) is 0 Å². The van der Waals surface area contributed by atoms with Crippen molar-refractivity contribution in [3.8, 4) is 11.1 Å². The van der Waals surface area contributed by atoms with Crippen LogP contribution >= 0.6 is 0 Å². The number of H-pyrrole nitrogens is 1. The van der Waals surface area contributed by atoms with Crippen LogP contribution in [0.25, 0.3) is 11.1 Å². The Morgan fingerprint density at radius 1 is 0.938 bits per heavy atom. The lowest BCUT2D eigenvalue weighted by Gasteiger charge is -2.13. The van der Waals surface area contributed by atoms with Gasteiger partial charge in [-0.15, -0.1) is 0 Å². The Kier molecular flexibility index (Phi) is 6.72. The molecule has 0 aliphatic carbocycles. The smallest absolute Gasteiger partial charge is 0.257 e. The molecule has 160 valence electrons. The van der Waals surface area contributed by atoms with Gasteiger partial charge in [0.2, 0.25) is 5.96 Å². The molecule has 0 bridgehead atoms. The highest BCUT2D eigenvalue weighted by atomic mass is 16.1. The van der Waals surface area contributed by atoms with Crippen molar-refractivity contribution >= 4 is 17.6 Å². The fourth-order valence-electron chi connectivity index (χ4n) is 3.22. The van der Waals surface area contributed by atoms with Crippen molar-refractivity contribution < 1.29 is 4.79 Å². The molecule has 32 heavy (non-hydrogen) atoms. The molecule has 1 amide bonds. The second kappa shape index (κ2) is 10.2. The van der Waals surface area contributed by atoms with E-state index < -0.39 is 0 Å². The number of aromatic nitrogens is 2. The number of hydrogen-bond donors (Lipinski definition) is 3. The predicted octanol–water partition coefficient (Wildman–Crippen LogP) is 4.83. The van der Waals surface area contributed by atoms with Crippen LogP contribution in [0.15, 0.2) is 96.4 Å². The molecule has 6 heteroatoms. The lowest BCUT2D eigenvalue weighted by Crippen LogP contribution is -2.36. The van der Waals surface area contributed by atoms with E-state index in [1.807, 2.05) is 73.7 Å². The minimum atomic E-state index is -0.210. The van der Waals surface area contributed by atoms with Gasteiger partial charge in [0.05, 0.1) is 6.33 Å². The largest absolute Gasteiger partial charge is 0.348 e. The summed E-state index contributed by atoms with van der Waals surface area (Å²) in [4.78, 5) is 24.4. The van der Waals surface area contributed by atoms with Gasteiger partial charge in [-0.1, -0.05) is 60.2 Å². The van der Waals surface area contributed by atoms with Crippen LogP contribution < -0.4 is 10.6 Å². The molecule has 0 saturated heterocycles.